The maximum atomic E-state index is 12.1. The normalized spacial score (nSPS) is 18.8. The fourth-order valence-electron chi connectivity index (χ4n) is 2.87. The summed E-state index contributed by atoms with van der Waals surface area (Å²) in [6.07, 6.45) is 3.52. The van der Waals surface area contributed by atoms with Crippen LogP contribution < -0.4 is 5.32 Å². The molecular formula is C18H36N2O3. The molecule has 1 aliphatic rings. The minimum atomic E-state index is -0.445. The lowest BCUT2D eigenvalue weighted by Crippen LogP contribution is -2.55. The highest BCUT2D eigenvalue weighted by Gasteiger charge is 2.35. The van der Waals surface area contributed by atoms with E-state index < -0.39 is 5.60 Å². The Bertz CT molecular complexity index is 370. The fourth-order valence-corrected chi connectivity index (χ4v) is 2.87. The second-order valence-electron chi connectivity index (χ2n) is 8.25. The van der Waals surface area contributed by atoms with Crippen molar-refractivity contribution in [1.82, 2.24) is 10.2 Å². The number of likely N-dealkylation sites (tertiary alicyclic amines) is 1. The van der Waals surface area contributed by atoms with Gasteiger partial charge in [-0.1, -0.05) is 13.8 Å². The lowest BCUT2D eigenvalue weighted by atomic mass is 9.81. The smallest absolute Gasteiger partial charge is 0.410 e. The number of carbonyl (C=O) groups is 1. The van der Waals surface area contributed by atoms with Crippen molar-refractivity contribution >= 4 is 6.09 Å². The number of aliphatic hydroxyl groups excluding tert-OH is 1. The Balaban J connectivity index is 2.52. The largest absolute Gasteiger partial charge is 0.444 e. The minimum Gasteiger partial charge on any atom is -0.444 e. The second kappa shape index (κ2) is 7.84. The average molecular weight is 328 g/mol. The molecule has 1 saturated heterocycles. The van der Waals surface area contributed by atoms with Gasteiger partial charge in [0, 0.05) is 37.2 Å². The Morgan fingerprint density at radius 2 is 1.74 bits per heavy atom. The molecule has 0 aromatic rings. The third-order valence-electron chi connectivity index (χ3n) is 5.24. The van der Waals surface area contributed by atoms with Crippen LogP contribution in [0.25, 0.3) is 0 Å². The molecule has 0 atom stereocenters. The summed E-state index contributed by atoms with van der Waals surface area (Å²) in [7, 11) is 0. The molecule has 136 valence electrons. The average Bonchev–Trinajstić information content (AvgIpc) is 2.48. The van der Waals surface area contributed by atoms with Crippen molar-refractivity contribution < 1.29 is 14.6 Å². The highest BCUT2D eigenvalue weighted by molar-refractivity contribution is 5.68. The van der Waals surface area contributed by atoms with Crippen LogP contribution in [0.4, 0.5) is 4.79 Å². The van der Waals surface area contributed by atoms with Gasteiger partial charge in [0.05, 0.1) is 0 Å². The summed E-state index contributed by atoms with van der Waals surface area (Å²) < 4.78 is 5.45. The number of ether oxygens (including phenoxy) is 1. The van der Waals surface area contributed by atoms with Crippen molar-refractivity contribution in [2.24, 2.45) is 5.41 Å². The van der Waals surface area contributed by atoms with E-state index in [-0.39, 0.29) is 23.7 Å². The summed E-state index contributed by atoms with van der Waals surface area (Å²) in [5.74, 6) is 0. The molecule has 2 N–H and O–H groups in total. The van der Waals surface area contributed by atoms with Gasteiger partial charge in [0.2, 0.25) is 0 Å². The molecule has 0 saturated carbocycles. The number of aliphatic hydroxyl groups is 1. The van der Waals surface area contributed by atoms with E-state index in [1.807, 2.05) is 20.8 Å². The molecule has 5 heteroatoms. The monoisotopic (exact) mass is 328 g/mol. The first-order chi connectivity index (χ1) is 10.6. The molecule has 1 heterocycles. The van der Waals surface area contributed by atoms with Gasteiger partial charge in [0.15, 0.2) is 0 Å². The predicted octanol–water partition coefficient (Wildman–Crippen LogP) is 3.16. The molecule has 23 heavy (non-hydrogen) atoms. The highest BCUT2D eigenvalue weighted by atomic mass is 16.6. The number of carbonyl (C=O) groups excluding carboxylic acids is 1. The van der Waals surface area contributed by atoms with Crippen molar-refractivity contribution in [3.63, 3.8) is 0 Å². The van der Waals surface area contributed by atoms with Crippen LogP contribution in [-0.4, -0.2) is 53.5 Å². The molecule has 0 spiro atoms. The van der Waals surface area contributed by atoms with Crippen LogP contribution in [0.1, 0.15) is 67.2 Å². The molecule has 1 aliphatic heterocycles. The van der Waals surface area contributed by atoms with E-state index in [1.165, 1.54) is 0 Å². The first-order valence-corrected chi connectivity index (χ1v) is 8.92. The first kappa shape index (κ1) is 20.2. The number of amides is 1. The molecule has 1 rings (SSSR count). The van der Waals surface area contributed by atoms with E-state index in [4.69, 9.17) is 4.74 Å². The van der Waals surface area contributed by atoms with E-state index in [9.17, 15) is 9.90 Å². The van der Waals surface area contributed by atoms with Gasteiger partial charge in [-0.25, -0.2) is 4.79 Å². The van der Waals surface area contributed by atoms with Crippen molar-refractivity contribution in [3.8, 4) is 0 Å². The van der Waals surface area contributed by atoms with Crippen LogP contribution in [-0.2, 0) is 4.74 Å². The van der Waals surface area contributed by atoms with Crippen LogP contribution in [0.5, 0.6) is 0 Å². The zero-order chi connectivity index (χ0) is 17.7. The van der Waals surface area contributed by atoms with Crippen LogP contribution in [0.3, 0.4) is 0 Å². The Labute approximate surface area is 141 Å². The van der Waals surface area contributed by atoms with Gasteiger partial charge >= 0.3 is 6.09 Å². The molecule has 1 amide bonds. The molecule has 0 aromatic heterocycles. The Hall–Kier alpha value is -0.810. The molecule has 1 fully saturated rings. The summed E-state index contributed by atoms with van der Waals surface area (Å²) in [5.41, 5.74) is -0.465. The van der Waals surface area contributed by atoms with Crippen molar-refractivity contribution in [2.75, 3.05) is 26.2 Å². The van der Waals surface area contributed by atoms with Gasteiger partial charge in [-0.3, -0.25) is 0 Å². The number of nitrogens with one attached hydrogen (secondary N) is 1. The van der Waals surface area contributed by atoms with Gasteiger partial charge in [0.25, 0.3) is 0 Å². The summed E-state index contributed by atoms with van der Waals surface area (Å²) in [5, 5.41) is 13.4. The number of rotatable bonds is 6. The van der Waals surface area contributed by atoms with E-state index in [1.54, 1.807) is 4.90 Å². The van der Waals surface area contributed by atoms with Gasteiger partial charge in [-0.2, -0.15) is 0 Å². The standard InChI is InChI=1S/C18H36N2O3/c1-7-18(8-2,14-21)13-19-17(6)9-11-20(12-10-17)15(22)23-16(3,4)5/h19,21H,7-14H2,1-6H3. The Kier molecular flexibility index (Phi) is 6.90. The zero-order valence-corrected chi connectivity index (χ0v) is 15.9. The highest BCUT2D eigenvalue weighted by Crippen LogP contribution is 2.28. The summed E-state index contributed by atoms with van der Waals surface area (Å²) in [4.78, 5) is 13.9. The van der Waals surface area contributed by atoms with E-state index in [0.29, 0.717) is 13.1 Å². The van der Waals surface area contributed by atoms with E-state index >= 15 is 0 Å². The van der Waals surface area contributed by atoms with Crippen molar-refractivity contribution in [2.45, 2.75) is 78.4 Å². The van der Waals surface area contributed by atoms with Crippen LogP contribution >= 0.6 is 0 Å². The van der Waals surface area contributed by atoms with Gasteiger partial charge in [-0.05, 0) is 53.4 Å². The summed E-state index contributed by atoms with van der Waals surface area (Å²) in [6.45, 7) is 14.6. The van der Waals surface area contributed by atoms with E-state index in [2.05, 4.69) is 26.1 Å². The SMILES string of the molecule is CCC(CC)(CO)CNC1(C)CCN(C(=O)OC(C)(C)C)CC1. The molecule has 5 nitrogen and oxygen atoms in total. The molecule has 0 aromatic carbocycles. The van der Waals surface area contributed by atoms with Crippen LogP contribution in [0.2, 0.25) is 0 Å². The summed E-state index contributed by atoms with van der Waals surface area (Å²) in [6, 6.07) is 0. The molecular weight excluding hydrogens is 292 g/mol. The lowest BCUT2D eigenvalue weighted by Gasteiger charge is -2.42. The van der Waals surface area contributed by atoms with E-state index in [0.717, 1.165) is 32.2 Å². The van der Waals surface area contributed by atoms with Crippen LogP contribution in [0, 0.1) is 5.41 Å². The van der Waals surface area contributed by atoms with Gasteiger partial charge in [0.1, 0.15) is 5.60 Å². The third-order valence-corrected chi connectivity index (χ3v) is 5.24. The quantitative estimate of drug-likeness (QED) is 0.786. The lowest BCUT2D eigenvalue weighted by molar-refractivity contribution is 0.0142. The summed E-state index contributed by atoms with van der Waals surface area (Å²) >= 11 is 0. The molecule has 0 aliphatic carbocycles. The number of nitrogens with zero attached hydrogens (tertiary/aromatic N) is 1. The first-order valence-electron chi connectivity index (χ1n) is 8.92. The third kappa shape index (κ3) is 5.96. The van der Waals surface area contributed by atoms with Crippen molar-refractivity contribution in [3.05, 3.63) is 0 Å². The molecule has 0 radical (unpaired) electrons. The topological polar surface area (TPSA) is 61.8 Å². The van der Waals surface area contributed by atoms with Crippen LogP contribution in [0.15, 0.2) is 0 Å². The zero-order valence-electron chi connectivity index (χ0n) is 15.9. The molecule has 0 bridgehead atoms. The Morgan fingerprint density at radius 3 is 2.13 bits per heavy atom. The molecule has 0 unspecified atom stereocenters. The second-order valence-corrected chi connectivity index (χ2v) is 8.25. The number of hydrogen-bond acceptors (Lipinski definition) is 4. The maximum absolute atomic E-state index is 12.1. The Morgan fingerprint density at radius 1 is 1.22 bits per heavy atom. The van der Waals surface area contributed by atoms with Gasteiger partial charge in [-0.15, -0.1) is 0 Å². The van der Waals surface area contributed by atoms with Crippen molar-refractivity contribution in [1.29, 1.82) is 0 Å². The predicted molar refractivity (Wildman–Crippen MR) is 93.5 cm³/mol. The minimum absolute atomic E-state index is 0.0171. The number of piperidine rings is 1. The van der Waals surface area contributed by atoms with Gasteiger partial charge < -0.3 is 20.1 Å². The fraction of sp³-hybridized carbons (Fsp3) is 0.944. The number of hydrogen-bond donors (Lipinski definition) is 2. The maximum Gasteiger partial charge on any atom is 0.410 e.